The number of aliphatic hydroxyl groups excluding tert-OH is 1. The van der Waals surface area contributed by atoms with Crippen LogP contribution in [0.5, 0.6) is 0 Å². The van der Waals surface area contributed by atoms with Gasteiger partial charge in [-0.15, -0.1) is 0 Å². The van der Waals surface area contributed by atoms with Crippen LogP contribution in [0.4, 0.5) is 0 Å². The van der Waals surface area contributed by atoms with Gasteiger partial charge in [-0.2, -0.15) is 0 Å². The average Bonchev–Trinajstić information content (AvgIpc) is 2.24. The lowest BCUT2D eigenvalue weighted by Crippen LogP contribution is -2.44. The van der Waals surface area contributed by atoms with Gasteiger partial charge in [-0.25, -0.2) is 0 Å². The van der Waals surface area contributed by atoms with Crippen molar-refractivity contribution in [3.63, 3.8) is 0 Å². The number of rotatable bonds is 2. The van der Waals surface area contributed by atoms with Gasteiger partial charge >= 0.3 is 0 Å². The molecular formula is C12H19NO3. The Labute approximate surface area is 95.6 Å². The van der Waals surface area contributed by atoms with Crippen molar-refractivity contribution in [1.82, 2.24) is 4.90 Å². The summed E-state index contributed by atoms with van der Waals surface area (Å²) < 4.78 is 0. The highest BCUT2D eigenvalue weighted by Gasteiger charge is 2.30. The van der Waals surface area contributed by atoms with Crippen molar-refractivity contribution in [1.29, 1.82) is 0 Å². The number of hydrogen-bond acceptors (Lipinski definition) is 3. The van der Waals surface area contributed by atoms with Gasteiger partial charge in [0.2, 0.25) is 11.8 Å². The van der Waals surface area contributed by atoms with Gasteiger partial charge in [0.05, 0.1) is 6.10 Å². The van der Waals surface area contributed by atoms with E-state index in [1.807, 2.05) is 0 Å². The highest BCUT2D eigenvalue weighted by molar-refractivity contribution is 5.97. The fraction of sp³-hybridized carbons (Fsp3) is 0.833. The van der Waals surface area contributed by atoms with Crippen LogP contribution in [0.25, 0.3) is 0 Å². The van der Waals surface area contributed by atoms with E-state index in [-0.39, 0.29) is 17.9 Å². The molecule has 1 N–H and O–H groups in total. The molecular weight excluding hydrogens is 206 g/mol. The first-order chi connectivity index (χ1) is 7.66. The van der Waals surface area contributed by atoms with Crippen LogP contribution in [0, 0.1) is 5.92 Å². The third kappa shape index (κ3) is 2.61. The number of hydrogen-bond donors (Lipinski definition) is 1. The van der Waals surface area contributed by atoms with Crippen molar-refractivity contribution in [3.05, 3.63) is 0 Å². The summed E-state index contributed by atoms with van der Waals surface area (Å²) in [5.74, 6) is 0.238. The summed E-state index contributed by atoms with van der Waals surface area (Å²) in [5, 5.41) is 9.55. The van der Waals surface area contributed by atoms with Gasteiger partial charge in [0.25, 0.3) is 0 Å². The minimum Gasteiger partial charge on any atom is -0.393 e. The lowest BCUT2D eigenvalue weighted by molar-refractivity contribution is -0.149. The molecule has 2 rings (SSSR count). The summed E-state index contributed by atoms with van der Waals surface area (Å²) in [6.45, 7) is 0.523. The van der Waals surface area contributed by atoms with Gasteiger partial charge in [0, 0.05) is 19.4 Å². The zero-order valence-electron chi connectivity index (χ0n) is 9.52. The van der Waals surface area contributed by atoms with Gasteiger partial charge in [0.1, 0.15) is 0 Å². The molecule has 0 bridgehead atoms. The number of nitrogens with zero attached hydrogens (tertiary/aromatic N) is 1. The van der Waals surface area contributed by atoms with E-state index in [1.54, 1.807) is 0 Å². The van der Waals surface area contributed by atoms with E-state index in [9.17, 15) is 14.7 Å². The molecule has 1 saturated carbocycles. The summed E-state index contributed by atoms with van der Waals surface area (Å²) in [6, 6.07) is 0. The Morgan fingerprint density at radius 1 is 1.12 bits per heavy atom. The second-order valence-corrected chi connectivity index (χ2v) is 4.94. The Morgan fingerprint density at radius 2 is 1.81 bits per heavy atom. The Kier molecular flexibility index (Phi) is 3.59. The number of amides is 2. The predicted octanol–water partition coefficient (Wildman–Crippen LogP) is 1.08. The molecule has 0 spiro atoms. The van der Waals surface area contributed by atoms with Crippen molar-refractivity contribution >= 4 is 11.8 Å². The molecule has 4 heteroatoms. The predicted molar refractivity (Wildman–Crippen MR) is 58.5 cm³/mol. The van der Waals surface area contributed by atoms with E-state index in [0.29, 0.717) is 31.7 Å². The molecule has 1 saturated heterocycles. The van der Waals surface area contributed by atoms with Crippen molar-refractivity contribution in [3.8, 4) is 0 Å². The van der Waals surface area contributed by atoms with Crippen molar-refractivity contribution in [2.45, 2.75) is 51.0 Å². The Hall–Kier alpha value is -0.900. The molecule has 2 aliphatic rings. The monoisotopic (exact) mass is 225 g/mol. The van der Waals surface area contributed by atoms with Crippen LogP contribution in [-0.4, -0.2) is 34.5 Å². The summed E-state index contributed by atoms with van der Waals surface area (Å²) in [4.78, 5) is 24.6. The number of likely N-dealkylation sites (tertiary alicyclic amines) is 1. The van der Waals surface area contributed by atoms with Gasteiger partial charge < -0.3 is 5.11 Å². The molecule has 16 heavy (non-hydrogen) atoms. The largest absolute Gasteiger partial charge is 0.393 e. The van der Waals surface area contributed by atoms with E-state index in [2.05, 4.69) is 0 Å². The summed E-state index contributed by atoms with van der Waals surface area (Å²) in [7, 11) is 0. The molecule has 90 valence electrons. The maximum Gasteiger partial charge on any atom is 0.229 e. The zero-order chi connectivity index (χ0) is 11.5. The molecule has 0 aromatic rings. The molecule has 2 fully saturated rings. The topological polar surface area (TPSA) is 57.6 Å². The van der Waals surface area contributed by atoms with Crippen LogP contribution in [0.1, 0.15) is 44.9 Å². The first kappa shape index (κ1) is 11.6. The summed E-state index contributed by atoms with van der Waals surface area (Å²) in [6.07, 6.45) is 5.07. The van der Waals surface area contributed by atoms with Crippen molar-refractivity contribution in [2.75, 3.05) is 6.54 Å². The number of piperidine rings is 1. The molecule has 0 aromatic heterocycles. The lowest BCUT2D eigenvalue weighted by Gasteiger charge is -2.32. The first-order valence-corrected chi connectivity index (χ1v) is 6.18. The number of imide groups is 1. The average molecular weight is 225 g/mol. The van der Waals surface area contributed by atoms with Crippen LogP contribution in [0.15, 0.2) is 0 Å². The Morgan fingerprint density at radius 3 is 2.44 bits per heavy atom. The Bertz CT molecular complexity index is 274. The van der Waals surface area contributed by atoms with Gasteiger partial charge in [-0.05, 0) is 31.6 Å². The first-order valence-electron chi connectivity index (χ1n) is 6.18. The quantitative estimate of drug-likeness (QED) is 0.715. The van der Waals surface area contributed by atoms with Crippen molar-refractivity contribution in [2.24, 2.45) is 5.92 Å². The molecule has 2 atom stereocenters. The maximum absolute atomic E-state index is 11.6. The maximum atomic E-state index is 11.6. The fourth-order valence-electron chi connectivity index (χ4n) is 2.69. The third-order valence-corrected chi connectivity index (χ3v) is 3.58. The molecule has 4 nitrogen and oxygen atoms in total. The number of carbonyl (C=O) groups is 2. The SMILES string of the molecule is O=C1CCCC(=O)N1CC1CCCC(O)C1. The minimum atomic E-state index is -0.242. The fourth-order valence-corrected chi connectivity index (χ4v) is 2.69. The molecule has 1 aliphatic carbocycles. The van der Waals surface area contributed by atoms with Crippen LogP contribution >= 0.6 is 0 Å². The van der Waals surface area contributed by atoms with Crippen LogP contribution in [0.2, 0.25) is 0 Å². The number of carbonyl (C=O) groups excluding carboxylic acids is 2. The van der Waals surface area contributed by atoms with Crippen molar-refractivity contribution < 1.29 is 14.7 Å². The third-order valence-electron chi connectivity index (χ3n) is 3.58. The van der Waals surface area contributed by atoms with Crippen LogP contribution < -0.4 is 0 Å². The van der Waals surface area contributed by atoms with Crippen LogP contribution in [0.3, 0.4) is 0 Å². The molecule has 1 aliphatic heterocycles. The van der Waals surface area contributed by atoms with E-state index < -0.39 is 0 Å². The highest BCUT2D eigenvalue weighted by atomic mass is 16.3. The lowest BCUT2D eigenvalue weighted by atomic mass is 9.86. The molecule has 0 aromatic carbocycles. The van der Waals surface area contributed by atoms with E-state index in [0.717, 1.165) is 25.7 Å². The normalized spacial score (nSPS) is 31.9. The molecule has 2 amide bonds. The summed E-state index contributed by atoms with van der Waals surface area (Å²) in [5.41, 5.74) is 0. The van der Waals surface area contributed by atoms with Gasteiger partial charge in [0.15, 0.2) is 0 Å². The van der Waals surface area contributed by atoms with Gasteiger partial charge in [-0.3, -0.25) is 14.5 Å². The standard InChI is InChI=1S/C12H19NO3/c14-10-4-1-3-9(7-10)8-13-11(15)5-2-6-12(13)16/h9-10,14H,1-8H2. The van der Waals surface area contributed by atoms with E-state index in [4.69, 9.17) is 0 Å². The molecule has 1 heterocycles. The second-order valence-electron chi connectivity index (χ2n) is 4.94. The zero-order valence-corrected chi connectivity index (χ0v) is 9.52. The summed E-state index contributed by atoms with van der Waals surface area (Å²) >= 11 is 0. The van der Waals surface area contributed by atoms with E-state index in [1.165, 1.54) is 4.90 Å². The highest BCUT2D eigenvalue weighted by Crippen LogP contribution is 2.26. The smallest absolute Gasteiger partial charge is 0.229 e. The molecule has 0 radical (unpaired) electrons. The Balaban J connectivity index is 1.91. The van der Waals surface area contributed by atoms with Crippen LogP contribution in [-0.2, 0) is 9.59 Å². The van der Waals surface area contributed by atoms with E-state index >= 15 is 0 Å². The minimum absolute atomic E-state index is 0.0312. The second kappa shape index (κ2) is 4.95. The molecule has 2 unspecified atom stereocenters. The number of aliphatic hydroxyl groups is 1. The van der Waals surface area contributed by atoms with Gasteiger partial charge in [-0.1, -0.05) is 6.42 Å².